The minimum Gasteiger partial charge on any atom is -0.506 e. The molecule has 144 valence electrons. The molecule has 1 aliphatic rings. The fraction of sp³-hybridized carbons (Fsp3) is 0.316. The van der Waals surface area contributed by atoms with E-state index in [0.29, 0.717) is 66.9 Å². The number of benzene rings is 2. The van der Waals surface area contributed by atoms with Crippen molar-refractivity contribution in [3.8, 4) is 17.2 Å². The molecule has 0 fully saturated rings. The predicted octanol–water partition coefficient (Wildman–Crippen LogP) is 4.47. The van der Waals surface area contributed by atoms with Crippen molar-refractivity contribution >= 4 is 43.8 Å². The molecule has 0 aromatic heterocycles. The first-order chi connectivity index (χ1) is 13.1. The molecule has 27 heavy (non-hydrogen) atoms. The summed E-state index contributed by atoms with van der Waals surface area (Å²) in [5.74, 6) is 1.35. The Hall–Kier alpha value is -1.61. The lowest BCUT2D eigenvalue weighted by Crippen LogP contribution is -2.15. The molecule has 0 atom stereocenters. The first-order valence-corrected chi connectivity index (χ1v) is 9.99. The van der Waals surface area contributed by atoms with Gasteiger partial charge >= 0.3 is 0 Å². The number of aromatic hydroxyl groups is 1. The Labute approximate surface area is 174 Å². The maximum atomic E-state index is 10.1. The van der Waals surface area contributed by atoms with E-state index in [1.807, 2.05) is 12.1 Å². The number of rotatable bonds is 2. The van der Waals surface area contributed by atoms with Gasteiger partial charge in [-0.25, -0.2) is 0 Å². The van der Waals surface area contributed by atoms with Gasteiger partial charge in [-0.1, -0.05) is 15.9 Å². The van der Waals surface area contributed by atoms with Crippen LogP contribution in [0, 0.1) is 0 Å². The molecule has 2 aromatic rings. The minimum atomic E-state index is 0.130. The lowest BCUT2D eigenvalue weighted by atomic mass is 10.2. The first kappa shape index (κ1) is 20.1. The molecule has 3 rings (SSSR count). The lowest BCUT2D eigenvalue weighted by molar-refractivity contribution is 0.0223. The second kappa shape index (κ2) is 10.1. The Morgan fingerprint density at radius 1 is 0.852 bits per heavy atom. The number of ether oxygens (including phenoxy) is 4. The van der Waals surface area contributed by atoms with E-state index in [9.17, 15) is 5.11 Å². The van der Waals surface area contributed by atoms with Gasteiger partial charge in [-0.3, -0.25) is 4.99 Å². The summed E-state index contributed by atoms with van der Waals surface area (Å²) >= 11 is 6.72. The van der Waals surface area contributed by atoms with E-state index in [1.54, 1.807) is 24.4 Å². The number of halogens is 2. The van der Waals surface area contributed by atoms with E-state index in [4.69, 9.17) is 18.9 Å². The van der Waals surface area contributed by atoms with Gasteiger partial charge in [0.1, 0.15) is 19.0 Å². The van der Waals surface area contributed by atoms with Crippen LogP contribution in [0.1, 0.15) is 5.56 Å². The Balaban J connectivity index is 1.80. The zero-order valence-corrected chi connectivity index (χ0v) is 17.7. The van der Waals surface area contributed by atoms with Crippen LogP contribution in [0.4, 0.5) is 5.69 Å². The molecule has 0 saturated carbocycles. The maximum absolute atomic E-state index is 10.1. The SMILES string of the molecule is Oc1c(Br)cc(Br)cc1C=Nc1ccc2c(c1)OCCOCCOCCO2. The molecule has 2 aromatic carbocycles. The molecule has 1 heterocycles. The molecule has 0 radical (unpaired) electrons. The van der Waals surface area contributed by atoms with E-state index >= 15 is 0 Å². The number of phenolic OH excluding ortho intramolecular Hbond substituents is 1. The van der Waals surface area contributed by atoms with Crippen LogP contribution in [0.3, 0.4) is 0 Å². The number of hydrogen-bond donors (Lipinski definition) is 1. The summed E-state index contributed by atoms with van der Waals surface area (Å²) in [6.07, 6.45) is 1.60. The topological polar surface area (TPSA) is 69.5 Å². The van der Waals surface area contributed by atoms with Gasteiger partial charge in [0.2, 0.25) is 0 Å². The molecule has 8 heteroatoms. The summed E-state index contributed by atoms with van der Waals surface area (Å²) in [6.45, 7) is 2.87. The molecule has 0 bridgehead atoms. The van der Waals surface area contributed by atoms with Crippen LogP contribution < -0.4 is 9.47 Å². The fourth-order valence-corrected chi connectivity index (χ4v) is 3.64. The number of fused-ring (bicyclic) bond motifs is 1. The van der Waals surface area contributed by atoms with Crippen molar-refractivity contribution in [3.05, 3.63) is 44.8 Å². The highest BCUT2D eigenvalue weighted by molar-refractivity contribution is 9.11. The summed E-state index contributed by atoms with van der Waals surface area (Å²) < 4.78 is 23.8. The average molecular weight is 501 g/mol. The predicted molar refractivity (Wildman–Crippen MR) is 110 cm³/mol. The highest BCUT2D eigenvalue weighted by Gasteiger charge is 2.09. The van der Waals surface area contributed by atoms with Gasteiger partial charge in [-0.15, -0.1) is 0 Å². The summed E-state index contributed by atoms with van der Waals surface area (Å²) in [7, 11) is 0. The zero-order chi connectivity index (χ0) is 19.1. The van der Waals surface area contributed by atoms with Crippen LogP contribution in [0.2, 0.25) is 0 Å². The van der Waals surface area contributed by atoms with Gasteiger partial charge in [0, 0.05) is 22.3 Å². The van der Waals surface area contributed by atoms with Crippen molar-refractivity contribution < 1.29 is 24.1 Å². The smallest absolute Gasteiger partial charge is 0.163 e. The van der Waals surface area contributed by atoms with E-state index in [2.05, 4.69) is 36.9 Å². The van der Waals surface area contributed by atoms with E-state index in [0.717, 1.165) is 4.47 Å². The van der Waals surface area contributed by atoms with Gasteiger partial charge in [0.15, 0.2) is 11.5 Å². The summed E-state index contributed by atoms with van der Waals surface area (Å²) in [4.78, 5) is 4.44. The van der Waals surface area contributed by atoms with Crippen molar-refractivity contribution in [2.75, 3.05) is 39.6 Å². The second-order valence-corrected chi connectivity index (χ2v) is 7.41. The first-order valence-electron chi connectivity index (χ1n) is 8.41. The monoisotopic (exact) mass is 499 g/mol. The highest BCUT2D eigenvalue weighted by atomic mass is 79.9. The van der Waals surface area contributed by atoms with Gasteiger partial charge in [-0.2, -0.15) is 0 Å². The number of phenols is 1. The van der Waals surface area contributed by atoms with Gasteiger partial charge in [-0.05, 0) is 40.2 Å². The molecular formula is C19H19Br2NO5. The normalized spacial score (nSPS) is 15.9. The third-order valence-electron chi connectivity index (χ3n) is 3.68. The third kappa shape index (κ3) is 5.93. The van der Waals surface area contributed by atoms with E-state index in [-0.39, 0.29) is 5.75 Å². The Bertz CT molecular complexity index is 813. The zero-order valence-electron chi connectivity index (χ0n) is 14.5. The largest absolute Gasteiger partial charge is 0.506 e. The average Bonchev–Trinajstić information content (AvgIpc) is 2.64. The Morgan fingerprint density at radius 2 is 1.52 bits per heavy atom. The molecule has 0 unspecified atom stereocenters. The summed E-state index contributed by atoms with van der Waals surface area (Å²) in [6, 6.07) is 8.99. The van der Waals surface area contributed by atoms with Gasteiger partial charge in [0.25, 0.3) is 0 Å². The van der Waals surface area contributed by atoms with Crippen LogP contribution in [-0.2, 0) is 9.47 Å². The molecule has 1 aliphatic heterocycles. The quantitative estimate of drug-likeness (QED) is 0.616. The number of hydrogen-bond acceptors (Lipinski definition) is 6. The highest BCUT2D eigenvalue weighted by Crippen LogP contribution is 2.33. The number of nitrogens with zero attached hydrogens (tertiary/aromatic N) is 1. The van der Waals surface area contributed by atoms with Crippen LogP contribution in [0.5, 0.6) is 17.2 Å². The fourth-order valence-electron chi connectivity index (χ4n) is 2.38. The molecule has 0 spiro atoms. The Morgan fingerprint density at radius 3 is 2.26 bits per heavy atom. The van der Waals surface area contributed by atoms with E-state index in [1.165, 1.54) is 0 Å². The van der Waals surface area contributed by atoms with Crippen molar-refractivity contribution in [2.45, 2.75) is 0 Å². The van der Waals surface area contributed by atoms with Crippen molar-refractivity contribution in [2.24, 2.45) is 4.99 Å². The van der Waals surface area contributed by atoms with Gasteiger partial charge in [0.05, 0.1) is 36.6 Å². The van der Waals surface area contributed by atoms with Crippen LogP contribution >= 0.6 is 31.9 Å². The molecular weight excluding hydrogens is 482 g/mol. The number of aliphatic imine (C=N–C) groups is 1. The van der Waals surface area contributed by atoms with Crippen molar-refractivity contribution in [3.63, 3.8) is 0 Å². The molecule has 6 nitrogen and oxygen atoms in total. The van der Waals surface area contributed by atoms with Crippen LogP contribution in [0.25, 0.3) is 0 Å². The van der Waals surface area contributed by atoms with Crippen LogP contribution in [0.15, 0.2) is 44.3 Å². The minimum absolute atomic E-state index is 0.130. The Kier molecular flexibility index (Phi) is 7.51. The summed E-state index contributed by atoms with van der Waals surface area (Å²) in [5.41, 5.74) is 1.27. The molecule has 0 amide bonds. The molecule has 1 N–H and O–H groups in total. The van der Waals surface area contributed by atoms with E-state index < -0.39 is 0 Å². The standard InChI is InChI=1S/C19H19Br2NO5/c20-14-9-13(19(23)16(21)10-14)12-22-15-1-2-17-18(11-15)27-8-6-25-4-3-24-5-7-26-17/h1-2,9-12,23H,3-8H2. The van der Waals surface area contributed by atoms with Crippen molar-refractivity contribution in [1.29, 1.82) is 0 Å². The maximum Gasteiger partial charge on any atom is 0.163 e. The van der Waals surface area contributed by atoms with Crippen molar-refractivity contribution in [1.82, 2.24) is 0 Å². The lowest BCUT2D eigenvalue weighted by Gasteiger charge is -2.15. The van der Waals surface area contributed by atoms with Crippen LogP contribution in [-0.4, -0.2) is 51.0 Å². The second-order valence-electron chi connectivity index (χ2n) is 5.64. The third-order valence-corrected chi connectivity index (χ3v) is 4.74. The molecule has 0 aliphatic carbocycles. The summed E-state index contributed by atoms with van der Waals surface area (Å²) in [5, 5.41) is 10.1. The molecule has 0 saturated heterocycles. The van der Waals surface area contributed by atoms with Gasteiger partial charge < -0.3 is 24.1 Å².